The van der Waals surface area contributed by atoms with Crippen LogP contribution in [-0.4, -0.2) is 19.6 Å². The molecule has 0 radical (unpaired) electrons. The Balaban J connectivity index is 1.49. The van der Waals surface area contributed by atoms with Gasteiger partial charge < -0.3 is 19.8 Å². The number of halogens is 2. The molecule has 3 aromatic rings. The first-order valence-electron chi connectivity index (χ1n) is 8.24. The van der Waals surface area contributed by atoms with Gasteiger partial charge in [-0.3, -0.25) is 4.79 Å². The Labute approximate surface area is 161 Å². The van der Waals surface area contributed by atoms with E-state index in [1.165, 1.54) is 19.2 Å². The number of amides is 1. The van der Waals surface area contributed by atoms with Crippen molar-refractivity contribution >= 4 is 23.2 Å². The van der Waals surface area contributed by atoms with E-state index in [0.29, 0.717) is 22.2 Å². The number of rotatable bonds is 7. The van der Waals surface area contributed by atoms with Gasteiger partial charge in [0.2, 0.25) is 5.91 Å². The zero-order valence-corrected chi connectivity index (χ0v) is 15.3. The average Bonchev–Trinajstić information content (AvgIpc) is 3.14. The van der Waals surface area contributed by atoms with Crippen molar-refractivity contribution in [2.24, 2.45) is 0 Å². The molecular weight excluding hydrogens is 371 g/mol. The van der Waals surface area contributed by atoms with E-state index in [-0.39, 0.29) is 24.7 Å². The van der Waals surface area contributed by atoms with Crippen LogP contribution in [0.3, 0.4) is 0 Å². The van der Waals surface area contributed by atoms with E-state index in [2.05, 4.69) is 10.6 Å². The smallest absolute Gasteiger partial charge is 0.239 e. The van der Waals surface area contributed by atoms with E-state index in [1.807, 2.05) is 18.2 Å². The molecule has 2 N–H and O–H groups in total. The van der Waals surface area contributed by atoms with Crippen molar-refractivity contribution in [3.8, 4) is 17.1 Å². The molecule has 1 amide bonds. The predicted molar refractivity (Wildman–Crippen MR) is 102 cm³/mol. The number of benzene rings is 2. The normalized spacial score (nSPS) is 10.5. The van der Waals surface area contributed by atoms with Gasteiger partial charge in [-0.1, -0.05) is 11.6 Å². The van der Waals surface area contributed by atoms with Gasteiger partial charge in [0.1, 0.15) is 11.5 Å². The van der Waals surface area contributed by atoms with Gasteiger partial charge in [-0.05, 0) is 48.5 Å². The fourth-order valence-corrected chi connectivity index (χ4v) is 2.58. The van der Waals surface area contributed by atoms with Crippen LogP contribution in [0.4, 0.5) is 10.1 Å². The highest BCUT2D eigenvalue weighted by atomic mass is 35.5. The number of anilines is 1. The van der Waals surface area contributed by atoms with E-state index in [1.54, 1.807) is 24.3 Å². The Morgan fingerprint density at radius 3 is 2.63 bits per heavy atom. The predicted octanol–water partition coefficient (Wildman–Crippen LogP) is 4.48. The summed E-state index contributed by atoms with van der Waals surface area (Å²) in [6, 6.07) is 15.3. The summed E-state index contributed by atoms with van der Waals surface area (Å²) in [5.74, 6) is 0.745. The Bertz CT molecular complexity index is 925. The lowest BCUT2D eigenvalue weighted by Crippen LogP contribution is -2.29. The lowest BCUT2D eigenvalue weighted by atomic mass is 10.2. The minimum atomic E-state index is -0.492. The number of nitrogens with one attached hydrogen (secondary N) is 2. The van der Waals surface area contributed by atoms with Gasteiger partial charge >= 0.3 is 0 Å². The fourth-order valence-electron chi connectivity index (χ4n) is 2.45. The zero-order valence-electron chi connectivity index (χ0n) is 14.6. The molecule has 5 nitrogen and oxygen atoms in total. The van der Waals surface area contributed by atoms with Crippen LogP contribution >= 0.6 is 11.6 Å². The Morgan fingerprint density at radius 2 is 1.93 bits per heavy atom. The van der Waals surface area contributed by atoms with Crippen molar-refractivity contribution < 1.29 is 18.3 Å². The van der Waals surface area contributed by atoms with Gasteiger partial charge in [-0.25, -0.2) is 4.39 Å². The highest BCUT2D eigenvalue weighted by Gasteiger charge is 2.08. The molecule has 0 bridgehead atoms. The van der Waals surface area contributed by atoms with E-state index < -0.39 is 5.82 Å². The number of methoxy groups -OCH3 is 1. The summed E-state index contributed by atoms with van der Waals surface area (Å²) in [5, 5.41) is 6.26. The summed E-state index contributed by atoms with van der Waals surface area (Å²) >= 11 is 5.88. The average molecular weight is 389 g/mol. The van der Waals surface area contributed by atoms with E-state index >= 15 is 0 Å². The first-order valence-corrected chi connectivity index (χ1v) is 8.61. The quantitative estimate of drug-likeness (QED) is 0.626. The van der Waals surface area contributed by atoms with Gasteiger partial charge in [-0.2, -0.15) is 0 Å². The second-order valence-electron chi connectivity index (χ2n) is 5.75. The summed E-state index contributed by atoms with van der Waals surface area (Å²) in [7, 11) is 1.39. The van der Waals surface area contributed by atoms with Crippen molar-refractivity contribution in [3.05, 3.63) is 71.2 Å². The fraction of sp³-hybridized carbons (Fsp3) is 0.150. The Morgan fingerprint density at radius 1 is 1.15 bits per heavy atom. The Hall–Kier alpha value is -2.99. The number of carbonyl (C=O) groups excluding carboxylic acids is 1. The van der Waals surface area contributed by atoms with Gasteiger partial charge in [0.15, 0.2) is 11.6 Å². The standard InChI is InChI=1S/C20H18ClFN2O3/c1-26-19-8-6-15(10-17(19)22)23-12-20(25)24-11-16-7-9-18(27-16)13-2-4-14(21)5-3-13/h2-10,23H,11-12H2,1H3,(H,24,25). The third-order valence-electron chi connectivity index (χ3n) is 3.86. The summed E-state index contributed by atoms with van der Waals surface area (Å²) in [6.07, 6.45) is 0. The van der Waals surface area contributed by atoms with Gasteiger partial charge in [0.05, 0.1) is 20.2 Å². The van der Waals surface area contributed by atoms with E-state index in [9.17, 15) is 9.18 Å². The van der Waals surface area contributed by atoms with Crippen LogP contribution in [0.5, 0.6) is 5.75 Å². The summed E-state index contributed by atoms with van der Waals surface area (Å²) < 4.78 is 24.2. The van der Waals surface area contributed by atoms with Crippen LogP contribution in [0.1, 0.15) is 5.76 Å². The molecule has 3 rings (SSSR count). The highest BCUT2D eigenvalue weighted by Crippen LogP contribution is 2.24. The van der Waals surface area contributed by atoms with Crippen LogP contribution in [0.2, 0.25) is 5.02 Å². The van der Waals surface area contributed by atoms with Crippen molar-refractivity contribution in [2.45, 2.75) is 6.54 Å². The molecule has 0 fully saturated rings. The molecule has 27 heavy (non-hydrogen) atoms. The maximum atomic E-state index is 13.6. The summed E-state index contributed by atoms with van der Waals surface area (Å²) in [4.78, 5) is 12.0. The van der Waals surface area contributed by atoms with Crippen molar-refractivity contribution in [1.29, 1.82) is 0 Å². The topological polar surface area (TPSA) is 63.5 Å². The van der Waals surface area contributed by atoms with Crippen LogP contribution in [0.25, 0.3) is 11.3 Å². The van der Waals surface area contributed by atoms with Crippen LogP contribution in [0, 0.1) is 5.82 Å². The molecule has 0 aliphatic carbocycles. The molecule has 140 valence electrons. The third kappa shape index (κ3) is 5.01. The summed E-state index contributed by atoms with van der Waals surface area (Å²) in [6.45, 7) is 0.265. The maximum Gasteiger partial charge on any atom is 0.239 e. The lowest BCUT2D eigenvalue weighted by Gasteiger charge is -2.08. The molecule has 0 saturated heterocycles. The van der Waals surface area contributed by atoms with E-state index in [0.717, 1.165) is 5.56 Å². The SMILES string of the molecule is COc1ccc(NCC(=O)NCc2ccc(-c3ccc(Cl)cc3)o2)cc1F. The Kier molecular flexibility index (Phi) is 5.98. The van der Waals surface area contributed by atoms with Crippen molar-refractivity contribution in [1.82, 2.24) is 5.32 Å². The monoisotopic (exact) mass is 388 g/mol. The van der Waals surface area contributed by atoms with E-state index in [4.69, 9.17) is 20.8 Å². The molecular formula is C20H18ClFN2O3. The summed E-state index contributed by atoms with van der Waals surface area (Å²) in [5.41, 5.74) is 1.40. The molecule has 0 atom stereocenters. The number of ether oxygens (including phenoxy) is 1. The largest absolute Gasteiger partial charge is 0.494 e. The molecule has 1 heterocycles. The number of carbonyl (C=O) groups is 1. The first-order chi connectivity index (χ1) is 13.0. The van der Waals surface area contributed by atoms with Gasteiger partial charge in [0.25, 0.3) is 0 Å². The molecule has 1 aromatic heterocycles. The zero-order chi connectivity index (χ0) is 19.2. The third-order valence-corrected chi connectivity index (χ3v) is 4.11. The van der Waals surface area contributed by atoms with Crippen molar-refractivity contribution in [3.63, 3.8) is 0 Å². The second kappa shape index (κ2) is 8.60. The maximum absolute atomic E-state index is 13.6. The molecule has 0 unspecified atom stereocenters. The minimum Gasteiger partial charge on any atom is -0.494 e. The number of hydrogen-bond acceptors (Lipinski definition) is 4. The molecule has 7 heteroatoms. The lowest BCUT2D eigenvalue weighted by molar-refractivity contribution is -0.119. The minimum absolute atomic E-state index is 0.0104. The van der Waals surface area contributed by atoms with Gasteiger partial charge in [-0.15, -0.1) is 0 Å². The molecule has 2 aromatic carbocycles. The number of hydrogen-bond donors (Lipinski definition) is 2. The molecule has 0 aliphatic rings. The first kappa shape index (κ1) is 18.8. The molecule has 0 aliphatic heterocycles. The van der Waals surface area contributed by atoms with Crippen LogP contribution < -0.4 is 15.4 Å². The van der Waals surface area contributed by atoms with Gasteiger partial charge in [0, 0.05) is 22.3 Å². The highest BCUT2D eigenvalue weighted by molar-refractivity contribution is 6.30. The van der Waals surface area contributed by atoms with Crippen LogP contribution in [0.15, 0.2) is 59.0 Å². The molecule has 0 saturated carbocycles. The second-order valence-corrected chi connectivity index (χ2v) is 6.19. The van der Waals surface area contributed by atoms with Crippen LogP contribution in [-0.2, 0) is 11.3 Å². The number of furan rings is 1. The molecule has 0 spiro atoms. The van der Waals surface area contributed by atoms with Crippen molar-refractivity contribution in [2.75, 3.05) is 19.0 Å².